The van der Waals surface area contributed by atoms with Crippen LogP contribution in [0.25, 0.3) is 0 Å². The maximum Gasteiger partial charge on any atom is 0.330 e. The Morgan fingerprint density at radius 3 is 2.24 bits per heavy atom. The quantitative estimate of drug-likeness (QED) is 0.161. The van der Waals surface area contributed by atoms with E-state index in [4.69, 9.17) is 14.6 Å². The Morgan fingerprint density at radius 2 is 1.65 bits per heavy atom. The molecule has 1 aromatic rings. The van der Waals surface area contributed by atoms with Crippen molar-refractivity contribution in [3.05, 3.63) is 33.1 Å². The molecule has 34 heavy (non-hydrogen) atoms. The number of nitrogens with zero attached hydrogens (tertiary/aromatic N) is 1. The van der Waals surface area contributed by atoms with Gasteiger partial charge in [-0.25, -0.2) is 9.11 Å². The zero-order chi connectivity index (χ0) is 25.4. The summed E-state index contributed by atoms with van der Waals surface area (Å²) in [6.07, 6.45) is -13.0. The lowest BCUT2D eigenvalue weighted by molar-refractivity contribution is -0.259. The van der Waals surface area contributed by atoms with E-state index in [-0.39, 0.29) is 0 Å². The summed E-state index contributed by atoms with van der Waals surface area (Å²) >= 11 is 0. The highest BCUT2D eigenvalue weighted by molar-refractivity contribution is 7.59. The van der Waals surface area contributed by atoms with Crippen LogP contribution in [0, 0.1) is 0 Å². The van der Waals surface area contributed by atoms with E-state index in [0.717, 1.165) is 12.3 Å². The van der Waals surface area contributed by atoms with Gasteiger partial charge in [0.15, 0.2) is 12.5 Å². The minimum atomic E-state index is -5.78. The van der Waals surface area contributed by atoms with Crippen molar-refractivity contribution in [3.63, 3.8) is 0 Å². The summed E-state index contributed by atoms with van der Waals surface area (Å²) in [5, 5.41) is 48.3. The standard InChI is InChI=1S/C14H22N2O16P2/c17-3-5-8(19)11(22)13(30-5)31-34(26,27)32-33(24,25)28-4-6-9(20)10(21)12(29-6)16-2-1-7(18)15-14(16)23/h1-2,5-6,8-13,17,19-22H,3-4H2,(H,24,25)(H,26,27)(H,15,18,23)/p-2/t5-,6+,8-,9+,10+,11+,12+,13?/m0/s1. The predicted octanol–water partition coefficient (Wildman–Crippen LogP) is -5.42. The highest BCUT2D eigenvalue weighted by Gasteiger charge is 2.46. The third kappa shape index (κ3) is 6.07. The summed E-state index contributed by atoms with van der Waals surface area (Å²) in [6, 6.07) is 0.923. The smallest absolute Gasteiger partial charge is 0.330 e. The lowest BCUT2D eigenvalue weighted by atomic mass is 10.1. The zero-order valence-corrected chi connectivity index (χ0v) is 18.5. The fraction of sp³-hybridized carbons (Fsp3) is 0.714. The lowest BCUT2D eigenvalue weighted by Crippen LogP contribution is -2.37. The molecule has 2 saturated heterocycles. The number of aromatic nitrogens is 2. The molecule has 2 aliphatic rings. The maximum atomic E-state index is 11.9. The highest BCUT2D eigenvalue weighted by Crippen LogP contribution is 2.57. The third-order valence-corrected chi connectivity index (χ3v) is 7.32. The first-order chi connectivity index (χ1) is 15.7. The molecule has 2 fully saturated rings. The van der Waals surface area contributed by atoms with Gasteiger partial charge in [0.25, 0.3) is 21.2 Å². The van der Waals surface area contributed by atoms with E-state index in [0.29, 0.717) is 4.57 Å². The second kappa shape index (κ2) is 10.3. The number of hydrogen-bond acceptors (Lipinski definition) is 16. The van der Waals surface area contributed by atoms with Gasteiger partial charge in [-0.3, -0.25) is 28.0 Å². The molecule has 0 spiro atoms. The number of aliphatic hydroxyl groups excluding tert-OH is 5. The van der Waals surface area contributed by atoms with Crippen molar-refractivity contribution in [3.8, 4) is 0 Å². The predicted molar refractivity (Wildman–Crippen MR) is 98.3 cm³/mol. The van der Waals surface area contributed by atoms with Crippen LogP contribution in [0.4, 0.5) is 0 Å². The van der Waals surface area contributed by atoms with Crippen LogP contribution in [-0.4, -0.2) is 91.2 Å². The average Bonchev–Trinajstić information content (AvgIpc) is 3.16. The maximum absolute atomic E-state index is 11.9. The minimum Gasteiger partial charge on any atom is -0.756 e. The molecule has 0 saturated carbocycles. The number of nitrogens with one attached hydrogen (secondary N) is 1. The van der Waals surface area contributed by atoms with E-state index in [2.05, 4.69) is 13.4 Å². The molecule has 3 heterocycles. The largest absolute Gasteiger partial charge is 0.756 e. The molecule has 10 atom stereocenters. The molecule has 0 bridgehead atoms. The van der Waals surface area contributed by atoms with Crippen LogP contribution in [0.3, 0.4) is 0 Å². The van der Waals surface area contributed by atoms with Crippen molar-refractivity contribution in [1.82, 2.24) is 9.55 Å². The monoisotopic (exact) mass is 534 g/mol. The zero-order valence-electron chi connectivity index (χ0n) is 16.8. The van der Waals surface area contributed by atoms with E-state index < -0.39 is 89.2 Å². The van der Waals surface area contributed by atoms with Gasteiger partial charge in [0, 0.05) is 12.3 Å². The molecule has 6 N–H and O–H groups in total. The number of phosphoric acid groups is 2. The fourth-order valence-corrected chi connectivity index (χ4v) is 5.21. The molecule has 0 aromatic carbocycles. The van der Waals surface area contributed by atoms with Crippen molar-refractivity contribution < 1.29 is 67.3 Å². The Balaban J connectivity index is 1.60. The van der Waals surface area contributed by atoms with Crippen LogP contribution < -0.4 is 21.0 Å². The Labute approximate surface area is 188 Å². The summed E-state index contributed by atoms with van der Waals surface area (Å²) in [5.41, 5.74) is -1.75. The van der Waals surface area contributed by atoms with Crippen LogP contribution in [0.2, 0.25) is 0 Å². The van der Waals surface area contributed by atoms with Crippen LogP contribution >= 0.6 is 15.6 Å². The van der Waals surface area contributed by atoms with Crippen LogP contribution in [-0.2, 0) is 32.0 Å². The Morgan fingerprint density at radius 1 is 1.00 bits per heavy atom. The van der Waals surface area contributed by atoms with E-state index in [9.17, 15) is 48.9 Å². The normalized spacial score (nSPS) is 37.4. The highest BCUT2D eigenvalue weighted by atomic mass is 31.3. The SMILES string of the molecule is O=c1ccn([C@@H]2O[C@H](COP(=O)([O-])OP(=O)([O-])OC3O[C@@H](CO)[C@H](O)[C@H]3O)[C@@H](O)[C@H]2O)c(=O)[nH]1. The lowest BCUT2D eigenvalue weighted by Gasteiger charge is -2.33. The number of phosphoric ester groups is 2. The molecule has 1 aromatic heterocycles. The summed E-state index contributed by atoms with van der Waals surface area (Å²) in [5.74, 6) is 0. The number of ether oxygens (including phenoxy) is 2. The van der Waals surface area contributed by atoms with Crippen molar-refractivity contribution in [1.29, 1.82) is 0 Å². The molecule has 3 rings (SSSR count). The summed E-state index contributed by atoms with van der Waals surface area (Å²) in [4.78, 5) is 48.7. The van der Waals surface area contributed by atoms with Gasteiger partial charge in [0.1, 0.15) is 36.6 Å². The molecular formula is C14H20N2O16P2-2. The molecular weight excluding hydrogens is 514 g/mol. The second-order valence-corrected chi connectivity index (χ2v) is 10.1. The van der Waals surface area contributed by atoms with Crippen molar-refractivity contribution in [2.24, 2.45) is 0 Å². The molecule has 0 amide bonds. The average molecular weight is 534 g/mol. The summed E-state index contributed by atoms with van der Waals surface area (Å²) in [7, 11) is -11.5. The first-order valence-electron chi connectivity index (χ1n) is 9.36. The van der Waals surface area contributed by atoms with E-state index in [1.54, 1.807) is 0 Å². The van der Waals surface area contributed by atoms with Gasteiger partial charge in [0.2, 0.25) is 0 Å². The van der Waals surface area contributed by atoms with Gasteiger partial charge in [0.05, 0.1) is 13.2 Å². The van der Waals surface area contributed by atoms with E-state index in [1.807, 2.05) is 4.98 Å². The van der Waals surface area contributed by atoms with E-state index >= 15 is 0 Å². The first-order valence-corrected chi connectivity index (χ1v) is 12.3. The van der Waals surface area contributed by atoms with Crippen LogP contribution in [0.5, 0.6) is 0 Å². The number of rotatable bonds is 9. The fourth-order valence-electron chi connectivity index (χ4n) is 3.13. The summed E-state index contributed by atoms with van der Waals surface area (Å²) < 4.78 is 46.9. The summed E-state index contributed by atoms with van der Waals surface area (Å²) in [6.45, 7) is -1.89. The Kier molecular flexibility index (Phi) is 8.28. The molecule has 0 radical (unpaired) electrons. The molecule has 0 aliphatic carbocycles. The van der Waals surface area contributed by atoms with Crippen molar-refractivity contribution in [2.45, 2.75) is 49.1 Å². The topological polar surface area (TPSA) is 282 Å². The molecule has 18 nitrogen and oxygen atoms in total. The number of aromatic amines is 1. The number of H-pyrrole nitrogens is 1. The van der Waals surface area contributed by atoms with Crippen molar-refractivity contribution in [2.75, 3.05) is 13.2 Å². The number of aliphatic hydroxyl groups is 5. The van der Waals surface area contributed by atoms with Crippen molar-refractivity contribution >= 4 is 15.6 Å². The number of hydrogen-bond donors (Lipinski definition) is 6. The third-order valence-electron chi connectivity index (χ3n) is 4.79. The molecule has 2 aliphatic heterocycles. The molecule has 194 valence electrons. The van der Waals surface area contributed by atoms with Gasteiger partial charge in [-0.15, -0.1) is 0 Å². The van der Waals surface area contributed by atoms with Gasteiger partial charge < -0.3 is 49.3 Å². The van der Waals surface area contributed by atoms with Gasteiger partial charge >= 0.3 is 5.69 Å². The first kappa shape index (κ1) is 27.3. The van der Waals surface area contributed by atoms with Crippen LogP contribution in [0.1, 0.15) is 6.23 Å². The minimum absolute atomic E-state index is 0.712. The van der Waals surface area contributed by atoms with Crippen LogP contribution in [0.15, 0.2) is 21.9 Å². The molecule has 3 unspecified atom stereocenters. The van der Waals surface area contributed by atoms with Gasteiger partial charge in [-0.1, -0.05) is 0 Å². The Hall–Kier alpha value is -1.34. The van der Waals surface area contributed by atoms with Gasteiger partial charge in [-0.2, -0.15) is 0 Å². The Bertz CT molecular complexity index is 1080. The second-order valence-electron chi connectivity index (χ2n) is 7.15. The van der Waals surface area contributed by atoms with Gasteiger partial charge in [-0.05, 0) is 0 Å². The molecule has 20 heteroatoms. The van der Waals surface area contributed by atoms with E-state index in [1.165, 1.54) is 0 Å².